The van der Waals surface area contributed by atoms with Gasteiger partial charge < -0.3 is 0 Å². The van der Waals surface area contributed by atoms with Crippen molar-refractivity contribution >= 4 is 11.6 Å². The van der Waals surface area contributed by atoms with Gasteiger partial charge in [0.25, 0.3) is 0 Å². The molecule has 0 aromatic heterocycles. The minimum atomic E-state index is -0.219. The largest absolute Gasteiger partial charge is 0.207 e. The predicted octanol–water partition coefficient (Wildman–Crippen LogP) is 4.45. The van der Waals surface area contributed by atoms with E-state index < -0.39 is 0 Å². The van der Waals surface area contributed by atoms with Crippen LogP contribution in [0.2, 0.25) is 5.02 Å². The van der Waals surface area contributed by atoms with Crippen molar-refractivity contribution in [2.24, 2.45) is 0 Å². The van der Waals surface area contributed by atoms with Crippen LogP contribution < -0.4 is 0 Å². The minimum absolute atomic E-state index is 0.219. The molecule has 0 radical (unpaired) electrons. The Morgan fingerprint density at radius 1 is 1.00 bits per heavy atom. The van der Waals surface area contributed by atoms with Gasteiger partial charge in [0.15, 0.2) is 0 Å². The lowest BCUT2D eigenvalue weighted by Gasteiger charge is -2.07. The monoisotopic (exact) mass is 220 g/mol. The standard InChI is InChI=1S/C13H10ClF/c1-9-8-10(15)6-7-11(9)12-4-2-3-5-13(12)14/h2-8H,1H3. The highest BCUT2D eigenvalue weighted by molar-refractivity contribution is 6.33. The Balaban J connectivity index is 2.60. The van der Waals surface area contributed by atoms with E-state index >= 15 is 0 Å². The fraction of sp³-hybridized carbons (Fsp3) is 0.0769. The summed E-state index contributed by atoms with van der Waals surface area (Å²) in [5.41, 5.74) is 2.81. The highest BCUT2D eigenvalue weighted by atomic mass is 35.5. The zero-order valence-corrected chi connectivity index (χ0v) is 9.05. The van der Waals surface area contributed by atoms with Crippen LogP contribution in [0.1, 0.15) is 5.56 Å². The van der Waals surface area contributed by atoms with Crippen molar-refractivity contribution in [2.75, 3.05) is 0 Å². The van der Waals surface area contributed by atoms with E-state index in [1.807, 2.05) is 31.2 Å². The molecule has 0 aliphatic rings. The van der Waals surface area contributed by atoms with Crippen molar-refractivity contribution in [2.45, 2.75) is 6.92 Å². The molecule has 0 fully saturated rings. The molecule has 0 N–H and O–H groups in total. The van der Waals surface area contributed by atoms with Crippen LogP contribution in [0.4, 0.5) is 4.39 Å². The molecule has 0 amide bonds. The Morgan fingerprint density at radius 2 is 1.73 bits per heavy atom. The summed E-state index contributed by atoms with van der Waals surface area (Å²) in [6.07, 6.45) is 0. The number of aryl methyl sites for hydroxylation is 1. The Morgan fingerprint density at radius 3 is 2.40 bits per heavy atom. The Labute approximate surface area is 93.3 Å². The topological polar surface area (TPSA) is 0 Å². The normalized spacial score (nSPS) is 10.3. The molecule has 2 rings (SSSR count). The van der Waals surface area contributed by atoms with E-state index in [-0.39, 0.29) is 5.82 Å². The highest BCUT2D eigenvalue weighted by Crippen LogP contribution is 2.30. The maximum atomic E-state index is 12.9. The third-order valence-corrected chi connectivity index (χ3v) is 2.68. The summed E-state index contributed by atoms with van der Waals surface area (Å²) < 4.78 is 12.9. The molecular formula is C13H10ClF. The summed E-state index contributed by atoms with van der Waals surface area (Å²) in [4.78, 5) is 0. The van der Waals surface area contributed by atoms with Crippen LogP contribution in [0.5, 0.6) is 0 Å². The average Bonchev–Trinajstić information content (AvgIpc) is 2.20. The van der Waals surface area contributed by atoms with Crippen molar-refractivity contribution in [1.29, 1.82) is 0 Å². The molecule has 0 saturated carbocycles. The molecule has 0 aliphatic heterocycles. The minimum Gasteiger partial charge on any atom is -0.207 e. The second-order valence-electron chi connectivity index (χ2n) is 3.44. The third kappa shape index (κ3) is 2.02. The van der Waals surface area contributed by atoms with E-state index in [4.69, 9.17) is 11.6 Å². The van der Waals surface area contributed by atoms with Crippen LogP contribution >= 0.6 is 11.6 Å². The van der Waals surface area contributed by atoms with Crippen molar-refractivity contribution < 1.29 is 4.39 Å². The van der Waals surface area contributed by atoms with Gasteiger partial charge in [-0.15, -0.1) is 0 Å². The molecule has 0 bridgehead atoms. The summed E-state index contributed by atoms with van der Waals surface area (Å²) >= 11 is 6.08. The molecule has 0 unspecified atom stereocenters. The van der Waals surface area contributed by atoms with Gasteiger partial charge in [0.2, 0.25) is 0 Å². The van der Waals surface area contributed by atoms with Gasteiger partial charge in [-0.2, -0.15) is 0 Å². The lowest BCUT2D eigenvalue weighted by Crippen LogP contribution is -1.85. The first-order valence-electron chi connectivity index (χ1n) is 4.69. The van der Waals surface area contributed by atoms with Crippen LogP contribution in [0.15, 0.2) is 42.5 Å². The van der Waals surface area contributed by atoms with Gasteiger partial charge in [0.05, 0.1) is 0 Å². The van der Waals surface area contributed by atoms with Gasteiger partial charge in [-0.25, -0.2) is 4.39 Å². The molecule has 15 heavy (non-hydrogen) atoms. The summed E-state index contributed by atoms with van der Waals surface area (Å²) in [6, 6.07) is 12.3. The molecule has 0 nitrogen and oxygen atoms in total. The Bertz CT molecular complexity index is 492. The average molecular weight is 221 g/mol. The van der Waals surface area contributed by atoms with Crippen molar-refractivity contribution in [3.05, 3.63) is 58.9 Å². The lowest BCUT2D eigenvalue weighted by atomic mass is 10.0. The number of rotatable bonds is 1. The third-order valence-electron chi connectivity index (χ3n) is 2.35. The van der Waals surface area contributed by atoms with E-state index in [0.29, 0.717) is 5.02 Å². The molecule has 2 heteroatoms. The maximum Gasteiger partial charge on any atom is 0.123 e. The first-order chi connectivity index (χ1) is 7.18. The van der Waals surface area contributed by atoms with Crippen LogP contribution in [0.25, 0.3) is 11.1 Å². The Hall–Kier alpha value is -1.34. The molecule has 0 atom stereocenters. The van der Waals surface area contributed by atoms with Gasteiger partial charge in [-0.3, -0.25) is 0 Å². The van der Waals surface area contributed by atoms with E-state index in [2.05, 4.69) is 0 Å². The molecule has 0 spiro atoms. The molecular weight excluding hydrogens is 211 g/mol. The summed E-state index contributed by atoms with van der Waals surface area (Å²) in [5.74, 6) is -0.219. The molecule has 0 saturated heterocycles. The van der Waals surface area contributed by atoms with Gasteiger partial charge in [-0.05, 0) is 36.2 Å². The van der Waals surface area contributed by atoms with E-state index in [1.54, 1.807) is 6.07 Å². The van der Waals surface area contributed by atoms with Crippen LogP contribution in [-0.4, -0.2) is 0 Å². The van der Waals surface area contributed by atoms with E-state index in [9.17, 15) is 4.39 Å². The Kier molecular flexibility index (Phi) is 2.74. The fourth-order valence-electron chi connectivity index (χ4n) is 1.61. The molecule has 2 aromatic rings. The SMILES string of the molecule is Cc1cc(F)ccc1-c1ccccc1Cl. The first-order valence-corrected chi connectivity index (χ1v) is 5.07. The van der Waals surface area contributed by atoms with Crippen LogP contribution in [-0.2, 0) is 0 Å². The quantitative estimate of drug-likeness (QED) is 0.666. The van der Waals surface area contributed by atoms with Crippen LogP contribution in [0.3, 0.4) is 0 Å². The lowest BCUT2D eigenvalue weighted by molar-refractivity contribution is 0.627. The number of hydrogen-bond acceptors (Lipinski definition) is 0. The molecule has 0 heterocycles. The van der Waals surface area contributed by atoms with E-state index in [0.717, 1.165) is 16.7 Å². The van der Waals surface area contributed by atoms with Gasteiger partial charge in [0, 0.05) is 10.6 Å². The zero-order valence-electron chi connectivity index (χ0n) is 8.30. The summed E-state index contributed by atoms with van der Waals surface area (Å²) in [5, 5.41) is 0.687. The van der Waals surface area contributed by atoms with E-state index in [1.165, 1.54) is 12.1 Å². The first kappa shape index (κ1) is 10.2. The van der Waals surface area contributed by atoms with Crippen LogP contribution in [0, 0.1) is 12.7 Å². The highest BCUT2D eigenvalue weighted by Gasteiger charge is 2.05. The number of halogens is 2. The number of hydrogen-bond donors (Lipinski definition) is 0. The van der Waals surface area contributed by atoms with Gasteiger partial charge >= 0.3 is 0 Å². The van der Waals surface area contributed by atoms with Gasteiger partial charge in [-0.1, -0.05) is 35.9 Å². The molecule has 2 aromatic carbocycles. The predicted molar refractivity (Wildman–Crippen MR) is 61.6 cm³/mol. The molecule has 76 valence electrons. The second-order valence-corrected chi connectivity index (χ2v) is 3.85. The number of benzene rings is 2. The van der Waals surface area contributed by atoms with Crippen molar-refractivity contribution in [3.8, 4) is 11.1 Å². The second kappa shape index (κ2) is 4.03. The molecule has 0 aliphatic carbocycles. The summed E-state index contributed by atoms with van der Waals surface area (Å²) in [6.45, 7) is 1.88. The van der Waals surface area contributed by atoms with Crippen molar-refractivity contribution in [1.82, 2.24) is 0 Å². The zero-order chi connectivity index (χ0) is 10.8. The summed E-state index contributed by atoms with van der Waals surface area (Å²) in [7, 11) is 0. The maximum absolute atomic E-state index is 12.9. The van der Waals surface area contributed by atoms with Gasteiger partial charge in [0.1, 0.15) is 5.82 Å². The van der Waals surface area contributed by atoms with Crippen molar-refractivity contribution in [3.63, 3.8) is 0 Å². The smallest absolute Gasteiger partial charge is 0.123 e. The fourth-order valence-corrected chi connectivity index (χ4v) is 1.85.